The van der Waals surface area contributed by atoms with Crippen LogP contribution in [0.15, 0.2) is 77.7 Å². The van der Waals surface area contributed by atoms with E-state index >= 15 is 0 Å². The maximum absolute atomic E-state index is 14.2. The fourth-order valence-electron chi connectivity index (χ4n) is 4.32. The Labute approximate surface area is 254 Å². The van der Waals surface area contributed by atoms with Gasteiger partial charge in [-0.15, -0.1) is 0 Å². The molecule has 1 N–H and O–H groups in total. The summed E-state index contributed by atoms with van der Waals surface area (Å²) in [5, 5.41) is 2.88. The first-order valence-corrected chi connectivity index (χ1v) is 15.5. The molecule has 0 aromatic heterocycles. The normalized spacial score (nSPS) is 11.9. The number of ether oxygens (including phenoxy) is 3. The van der Waals surface area contributed by atoms with Gasteiger partial charge in [0.25, 0.3) is 10.0 Å². The SMILES string of the molecule is CCOc1ccc(N(CC(=O)N(Cc2ccccc2)C(C)C(=O)NCC(C)C)S(=O)(=O)c2ccc(OC)c(OC)c2)cc1. The molecule has 1 unspecified atom stereocenters. The van der Waals surface area contributed by atoms with Gasteiger partial charge in [0, 0.05) is 19.2 Å². The van der Waals surface area contributed by atoms with E-state index in [0.29, 0.717) is 24.7 Å². The van der Waals surface area contributed by atoms with Crippen LogP contribution >= 0.6 is 0 Å². The Bertz CT molecular complexity index is 1460. The quantitative estimate of drug-likeness (QED) is 0.269. The number of methoxy groups -OCH3 is 2. The van der Waals surface area contributed by atoms with Gasteiger partial charge in [-0.05, 0) is 61.7 Å². The Balaban J connectivity index is 2.05. The number of carbonyl (C=O) groups excluding carboxylic acids is 2. The molecule has 2 amide bonds. The molecule has 0 saturated heterocycles. The Kier molecular flexibility index (Phi) is 11.8. The molecule has 3 aromatic carbocycles. The standard InChI is InChI=1S/C32H41N3O7S/c1-7-42-27-15-13-26(14-16-27)35(43(38,39)28-17-18-29(40-5)30(19-28)41-6)22-31(36)34(21-25-11-9-8-10-12-25)24(4)32(37)33-20-23(2)3/h8-19,23-24H,7,20-22H2,1-6H3,(H,33,37). The molecular formula is C32H41N3O7S. The zero-order valence-corrected chi connectivity index (χ0v) is 26.4. The average molecular weight is 612 g/mol. The fraction of sp³-hybridized carbons (Fsp3) is 0.375. The Morgan fingerprint density at radius 2 is 1.53 bits per heavy atom. The van der Waals surface area contributed by atoms with E-state index in [1.807, 2.05) is 51.1 Å². The van der Waals surface area contributed by atoms with Crippen molar-refractivity contribution in [3.05, 3.63) is 78.4 Å². The third kappa shape index (κ3) is 8.63. The van der Waals surface area contributed by atoms with Crippen LogP contribution in [-0.2, 0) is 26.2 Å². The number of nitrogens with one attached hydrogen (secondary N) is 1. The number of hydrogen-bond acceptors (Lipinski definition) is 7. The van der Waals surface area contributed by atoms with E-state index in [1.54, 1.807) is 31.2 Å². The van der Waals surface area contributed by atoms with Crippen molar-refractivity contribution in [2.45, 2.75) is 45.2 Å². The molecule has 0 aliphatic heterocycles. The second-order valence-corrected chi connectivity index (χ2v) is 12.1. The van der Waals surface area contributed by atoms with E-state index in [1.165, 1.54) is 37.3 Å². The van der Waals surface area contributed by atoms with Crippen LogP contribution in [0.2, 0.25) is 0 Å². The van der Waals surface area contributed by atoms with Crippen LogP contribution in [0.4, 0.5) is 5.69 Å². The van der Waals surface area contributed by atoms with Crippen LogP contribution in [-0.4, -0.2) is 65.1 Å². The van der Waals surface area contributed by atoms with Crippen molar-refractivity contribution < 1.29 is 32.2 Å². The summed E-state index contributed by atoms with van der Waals surface area (Å²) in [4.78, 5) is 28.5. The lowest BCUT2D eigenvalue weighted by molar-refractivity contribution is -0.139. The van der Waals surface area contributed by atoms with Gasteiger partial charge in [-0.2, -0.15) is 0 Å². The molecule has 0 aliphatic rings. The minimum atomic E-state index is -4.30. The second-order valence-electron chi connectivity index (χ2n) is 10.3. The van der Waals surface area contributed by atoms with Crippen molar-refractivity contribution in [2.75, 3.05) is 38.2 Å². The molecule has 0 radical (unpaired) electrons. The highest BCUT2D eigenvalue weighted by atomic mass is 32.2. The maximum atomic E-state index is 14.2. The minimum absolute atomic E-state index is 0.0934. The summed E-state index contributed by atoms with van der Waals surface area (Å²) in [6.07, 6.45) is 0. The molecule has 43 heavy (non-hydrogen) atoms. The number of benzene rings is 3. The molecule has 232 valence electrons. The lowest BCUT2D eigenvalue weighted by Gasteiger charge is -2.32. The highest BCUT2D eigenvalue weighted by Crippen LogP contribution is 2.33. The zero-order chi connectivity index (χ0) is 31.6. The van der Waals surface area contributed by atoms with E-state index in [2.05, 4.69) is 5.32 Å². The van der Waals surface area contributed by atoms with Gasteiger partial charge in [0.05, 0.1) is 31.4 Å². The third-order valence-electron chi connectivity index (χ3n) is 6.71. The first-order chi connectivity index (χ1) is 20.5. The van der Waals surface area contributed by atoms with E-state index in [9.17, 15) is 18.0 Å². The van der Waals surface area contributed by atoms with Gasteiger partial charge in [-0.1, -0.05) is 44.2 Å². The molecule has 0 fully saturated rings. The van der Waals surface area contributed by atoms with Gasteiger partial charge in [0.15, 0.2) is 11.5 Å². The molecule has 3 rings (SSSR count). The lowest BCUT2D eigenvalue weighted by atomic mass is 10.1. The number of amides is 2. The Morgan fingerprint density at radius 3 is 2.12 bits per heavy atom. The van der Waals surface area contributed by atoms with E-state index < -0.39 is 28.5 Å². The first-order valence-electron chi connectivity index (χ1n) is 14.1. The maximum Gasteiger partial charge on any atom is 0.264 e. The van der Waals surface area contributed by atoms with Gasteiger partial charge >= 0.3 is 0 Å². The van der Waals surface area contributed by atoms with Crippen molar-refractivity contribution in [3.8, 4) is 17.2 Å². The summed E-state index contributed by atoms with van der Waals surface area (Å²) >= 11 is 0. The third-order valence-corrected chi connectivity index (χ3v) is 8.48. The molecular weight excluding hydrogens is 570 g/mol. The number of nitrogens with zero attached hydrogens (tertiary/aromatic N) is 2. The van der Waals surface area contributed by atoms with Crippen LogP contribution in [0, 0.1) is 5.92 Å². The van der Waals surface area contributed by atoms with Gasteiger partial charge in [0.1, 0.15) is 18.3 Å². The molecule has 10 nitrogen and oxygen atoms in total. The summed E-state index contributed by atoms with van der Waals surface area (Å²) in [5.41, 5.74) is 1.05. The highest BCUT2D eigenvalue weighted by molar-refractivity contribution is 7.92. The molecule has 11 heteroatoms. The van der Waals surface area contributed by atoms with Crippen molar-refractivity contribution in [1.29, 1.82) is 0 Å². The molecule has 0 saturated carbocycles. The van der Waals surface area contributed by atoms with Crippen LogP contribution in [0.5, 0.6) is 17.2 Å². The van der Waals surface area contributed by atoms with Crippen molar-refractivity contribution >= 4 is 27.5 Å². The van der Waals surface area contributed by atoms with Crippen molar-refractivity contribution in [2.24, 2.45) is 5.92 Å². The topological polar surface area (TPSA) is 114 Å². The molecule has 0 heterocycles. The van der Waals surface area contributed by atoms with Gasteiger partial charge < -0.3 is 24.4 Å². The van der Waals surface area contributed by atoms with Crippen LogP contribution < -0.4 is 23.8 Å². The van der Waals surface area contributed by atoms with Gasteiger partial charge in [-0.25, -0.2) is 8.42 Å². The number of anilines is 1. The van der Waals surface area contributed by atoms with Gasteiger partial charge in [0.2, 0.25) is 11.8 Å². The summed E-state index contributed by atoms with van der Waals surface area (Å²) in [5.74, 6) is 0.490. The molecule has 0 bridgehead atoms. The molecule has 0 spiro atoms. The van der Waals surface area contributed by atoms with Crippen molar-refractivity contribution in [3.63, 3.8) is 0 Å². The largest absolute Gasteiger partial charge is 0.494 e. The summed E-state index contributed by atoms with van der Waals surface area (Å²) in [7, 11) is -1.43. The Hall–Kier alpha value is -4.25. The lowest BCUT2D eigenvalue weighted by Crippen LogP contribution is -2.51. The summed E-state index contributed by atoms with van der Waals surface area (Å²) in [6.45, 7) is 7.89. The van der Waals surface area contributed by atoms with E-state index in [0.717, 1.165) is 9.87 Å². The van der Waals surface area contributed by atoms with Gasteiger partial charge in [-0.3, -0.25) is 13.9 Å². The number of carbonyl (C=O) groups is 2. The van der Waals surface area contributed by atoms with Crippen LogP contribution in [0.3, 0.4) is 0 Å². The number of rotatable bonds is 15. The monoisotopic (exact) mass is 611 g/mol. The minimum Gasteiger partial charge on any atom is -0.494 e. The summed E-state index contributed by atoms with van der Waals surface area (Å²) in [6, 6.07) is 19.1. The van der Waals surface area contributed by atoms with E-state index in [-0.39, 0.29) is 34.7 Å². The second kappa shape index (κ2) is 15.3. The Morgan fingerprint density at radius 1 is 0.884 bits per heavy atom. The number of hydrogen-bond donors (Lipinski definition) is 1. The van der Waals surface area contributed by atoms with Crippen LogP contribution in [0.1, 0.15) is 33.3 Å². The van der Waals surface area contributed by atoms with E-state index in [4.69, 9.17) is 14.2 Å². The first kappa shape index (κ1) is 33.3. The van der Waals surface area contributed by atoms with Crippen LogP contribution in [0.25, 0.3) is 0 Å². The zero-order valence-electron chi connectivity index (χ0n) is 25.6. The number of sulfonamides is 1. The highest BCUT2D eigenvalue weighted by Gasteiger charge is 2.33. The predicted octanol–water partition coefficient (Wildman–Crippen LogP) is 4.49. The fourth-order valence-corrected chi connectivity index (χ4v) is 5.75. The molecule has 0 aliphatic carbocycles. The molecule has 3 aromatic rings. The van der Waals surface area contributed by atoms with Crippen molar-refractivity contribution in [1.82, 2.24) is 10.2 Å². The molecule has 1 atom stereocenters. The smallest absolute Gasteiger partial charge is 0.264 e. The average Bonchev–Trinajstić information content (AvgIpc) is 3.01. The summed E-state index contributed by atoms with van der Waals surface area (Å²) < 4.78 is 45.5. The predicted molar refractivity (Wildman–Crippen MR) is 166 cm³/mol.